The second-order valence-corrected chi connectivity index (χ2v) is 9.01. The van der Waals surface area contributed by atoms with Crippen LogP contribution >= 0.6 is 11.3 Å². The number of hydrogen-bond acceptors (Lipinski definition) is 5. The molecule has 2 amide bonds. The molecule has 4 rings (SSSR count). The highest BCUT2D eigenvalue weighted by Crippen LogP contribution is 2.33. The molecule has 1 saturated heterocycles. The first-order valence-electron chi connectivity index (χ1n) is 10.5. The molecule has 0 unspecified atom stereocenters. The Kier molecular flexibility index (Phi) is 6.13. The third-order valence-electron chi connectivity index (χ3n) is 5.88. The number of aromatic nitrogens is 3. The van der Waals surface area contributed by atoms with E-state index in [1.165, 1.54) is 11.2 Å². The van der Waals surface area contributed by atoms with Crippen LogP contribution in [0.4, 0.5) is 0 Å². The van der Waals surface area contributed by atoms with Gasteiger partial charge < -0.3 is 10.2 Å². The summed E-state index contributed by atoms with van der Waals surface area (Å²) in [5.74, 6) is 0.733. The van der Waals surface area contributed by atoms with Crippen LogP contribution in [0.1, 0.15) is 59.1 Å². The molecule has 1 aliphatic heterocycles. The summed E-state index contributed by atoms with van der Waals surface area (Å²) in [4.78, 5) is 33.0. The number of likely N-dealkylation sites (tertiary alicyclic amines) is 1. The lowest BCUT2D eigenvalue weighted by Crippen LogP contribution is -2.40. The van der Waals surface area contributed by atoms with Crippen LogP contribution in [0.25, 0.3) is 5.65 Å². The number of carbonyl (C=O) groups excluding carboxylic acids is 2. The van der Waals surface area contributed by atoms with Gasteiger partial charge in [0.2, 0.25) is 5.91 Å². The number of nitrogens with one attached hydrogen (secondary N) is 1. The van der Waals surface area contributed by atoms with Gasteiger partial charge in [-0.2, -0.15) is 5.10 Å². The molecule has 0 saturated carbocycles. The lowest BCUT2D eigenvalue weighted by Gasteiger charge is -2.33. The van der Waals surface area contributed by atoms with Gasteiger partial charge in [-0.05, 0) is 48.9 Å². The summed E-state index contributed by atoms with van der Waals surface area (Å²) < 4.78 is 1.70. The van der Waals surface area contributed by atoms with E-state index in [0.717, 1.165) is 48.4 Å². The van der Waals surface area contributed by atoms with E-state index >= 15 is 0 Å². The van der Waals surface area contributed by atoms with Crippen molar-refractivity contribution in [3.63, 3.8) is 0 Å². The fourth-order valence-corrected chi connectivity index (χ4v) is 4.89. The van der Waals surface area contributed by atoms with E-state index in [4.69, 9.17) is 0 Å². The van der Waals surface area contributed by atoms with Gasteiger partial charge in [-0.1, -0.05) is 19.9 Å². The maximum absolute atomic E-state index is 12.6. The maximum atomic E-state index is 12.6. The number of thiophene rings is 1. The number of fused-ring (bicyclic) bond motifs is 1. The van der Waals surface area contributed by atoms with E-state index in [9.17, 15) is 9.59 Å². The average Bonchev–Trinajstić information content (AvgIpc) is 3.46. The van der Waals surface area contributed by atoms with Gasteiger partial charge in [-0.25, -0.2) is 9.50 Å². The molecule has 0 bridgehead atoms. The van der Waals surface area contributed by atoms with Crippen molar-refractivity contribution in [2.24, 2.45) is 5.92 Å². The first-order chi connectivity index (χ1) is 14.5. The zero-order chi connectivity index (χ0) is 21.1. The standard InChI is InChI=1S/C22H27N5O2S/c1-3-15(2)22(29)26-10-8-17(9-11-26)18-5-6-19(30-18)21(28)23-12-16-4-7-20-24-14-25-27(20)13-16/h4-7,13-15,17H,3,8-12H2,1-2H3,(H,23,28)/t15-/m0/s1. The van der Waals surface area contributed by atoms with Gasteiger partial charge in [0, 0.05) is 36.6 Å². The topological polar surface area (TPSA) is 79.6 Å². The Balaban J connectivity index is 1.31. The Morgan fingerprint density at radius 1 is 1.23 bits per heavy atom. The Morgan fingerprint density at radius 3 is 2.80 bits per heavy atom. The number of hydrogen-bond donors (Lipinski definition) is 1. The van der Waals surface area contributed by atoms with Crippen molar-refractivity contribution in [1.82, 2.24) is 24.8 Å². The van der Waals surface area contributed by atoms with Gasteiger partial charge >= 0.3 is 0 Å². The third-order valence-corrected chi connectivity index (χ3v) is 7.13. The molecule has 0 aliphatic carbocycles. The Bertz CT molecular complexity index is 1040. The molecule has 30 heavy (non-hydrogen) atoms. The normalized spacial score (nSPS) is 16.0. The lowest BCUT2D eigenvalue weighted by atomic mass is 9.94. The molecule has 3 aromatic rings. The van der Waals surface area contributed by atoms with Crippen molar-refractivity contribution >= 4 is 28.8 Å². The minimum atomic E-state index is -0.0608. The highest BCUT2D eigenvalue weighted by molar-refractivity contribution is 7.14. The average molecular weight is 426 g/mol. The van der Waals surface area contributed by atoms with Crippen molar-refractivity contribution in [2.75, 3.05) is 13.1 Å². The molecule has 1 N–H and O–H groups in total. The van der Waals surface area contributed by atoms with Crippen molar-refractivity contribution in [3.8, 4) is 0 Å². The Labute approximate surface area is 180 Å². The van der Waals surface area contributed by atoms with Crippen LogP contribution in [0.15, 0.2) is 36.8 Å². The molecule has 8 heteroatoms. The van der Waals surface area contributed by atoms with Gasteiger partial charge in [0.1, 0.15) is 6.33 Å². The van der Waals surface area contributed by atoms with E-state index in [1.54, 1.807) is 15.9 Å². The zero-order valence-corrected chi connectivity index (χ0v) is 18.2. The second kappa shape index (κ2) is 8.95. The summed E-state index contributed by atoms with van der Waals surface area (Å²) in [5, 5.41) is 7.11. The molecule has 7 nitrogen and oxygen atoms in total. The van der Waals surface area contributed by atoms with Crippen molar-refractivity contribution in [1.29, 1.82) is 0 Å². The third kappa shape index (κ3) is 4.38. The minimum Gasteiger partial charge on any atom is -0.347 e. The number of rotatable bonds is 6. The van der Waals surface area contributed by atoms with Crippen LogP contribution in [0.2, 0.25) is 0 Å². The molecule has 1 aliphatic rings. The van der Waals surface area contributed by atoms with Gasteiger partial charge in [-0.3, -0.25) is 9.59 Å². The van der Waals surface area contributed by atoms with Gasteiger partial charge in [0.15, 0.2) is 5.65 Å². The summed E-state index contributed by atoms with van der Waals surface area (Å²) in [5.41, 5.74) is 1.75. The molecular weight excluding hydrogens is 398 g/mol. The zero-order valence-electron chi connectivity index (χ0n) is 17.4. The van der Waals surface area contributed by atoms with E-state index < -0.39 is 0 Å². The predicted molar refractivity (Wildman–Crippen MR) is 116 cm³/mol. The Hall–Kier alpha value is -2.74. The SMILES string of the molecule is CC[C@H](C)C(=O)N1CCC(c2ccc(C(=O)NCc3ccc4ncnn4c3)s2)CC1. The number of pyridine rings is 1. The molecule has 0 spiro atoms. The van der Waals surface area contributed by atoms with Gasteiger partial charge in [0.05, 0.1) is 4.88 Å². The van der Waals surface area contributed by atoms with E-state index in [2.05, 4.69) is 28.4 Å². The molecule has 0 radical (unpaired) electrons. The molecule has 3 aromatic heterocycles. The smallest absolute Gasteiger partial charge is 0.261 e. The van der Waals surface area contributed by atoms with E-state index in [-0.39, 0.29) is 17.7 Å². The highest BCUT2D eigenvalue weighted by Gasteiger charge is 2.27. The first-order valence-corrected chi connectivity index (χ1v) is 11.3. The van der Waals surface area contributed by atoms with Crippen molar-refractivity contribution in [2.45, 2.75) is 45.6 Å². The predicted octanol–water partition coefficient (Wildman–Crippen LogP) is 3.47. The summed E-state index contributed by atoms with van der Waals surface area (Å²) in [6, 6.07) is 7.80. The van der Waals surface area contributed by atoms with Crippen LogP contribution in [-0.4, -0.2) is 44.4 Å². The minimum absolute atomic E-state index is 0.0608. The summed E-state index contributed by atoms with van der Waals surface area (Å²) in [6.45, 7) is 6.11. The number of piperidine rings is 1. The summed E-state index contributed by atoms with van der Waals surface area (Å²) >= 11 is 1.56. The fourth-order valence-electron chi connectivity index (χ4n) is 3.80. The number of nitrogens with zero attached hydrogens (tertiary/aromatic N) is 4. The van der Waals surface area contributed by atoms with Crippen molar-refractivity contribution in [3.05, 3.63) is 52.1 Å². The summed E-state index contributed by atoms with van der Waals surface area (Å²) in [7, 11) is 0. The summed E-state index contributed by atoms with van der Waals surface area (Å²) in [6.07, 6.45) is 6.19. The van der Waals surface area contributed by atoms with Crippen LogP contribution in [0.5, 0.6) is 0 Å². The maximum Gasteiger partial charge on any atom is 0.261 e. The molecule has 4 heterocycles. The van der Waals surface area contributed by atoms with Crippen LogP contribution in [0.3, 0.4) is 0 Å². The second-order valence-electron chi connectivity index (χ2n) is 7.89. The van der Waals surface area contributed by atoms with Crippen LogP contribution in [-0.2, 0) is 11.3 Å². The number of amides is 2. The first kappa shape index (κ1) is 20.5. The van der Waals surface area contributed by atoms with Crippen molar-refractivity contribution < 1.29 is 9.59 Å². The van der Waals surface area contributed by atoms with E-state index in [1.807, 2.05) is 36.2 Å². The van der Waals surface area contributed by atoms with Crippen LogP contribution in [0, 0.1) is 5.92 Å². The monoisotopic (exact) mass is 425 g/mol. The van der Waals surface area contributed by atoms with Gasteiger partial charge in [0.25, 0.3) is 5.91 Å². The Morgan fingerprint density at radius 2 is 2.03 bits per heavy atom. The highest BCUT2D eigenvalue weighted by atomic mass is 32.1. The molecular formula is C22H27N5O2S. The number of carbonyl (C=O) groups is 2. The lowest BCUT2D eigenvalue weighted by molar-refractivity contribution is -0.136. The molecule has 0 aromatic carbocycles. The molecule has 158 valence electrons. The van der Waals surface area contributed by atoms with Gasteiger partial charge in [-0.15, -0.1) is 11.3 Å². The molecule has 1 atom stereocenters. The quantitative estimate of drug-likeness (QED) is 0.656. The fraction of sp³-hybridized carbons (Fsp3) is 0.455. The van der Waals surface area contributed by atoms with Crippen LogP contribution < -0.4 is 5.32 Å². The molecule has 1 fully saturated rings. The van der Waals surface area contributed by atoms with E-state index in [0.29, 0.717) is 12.5 Å². The largest absolute Gasteiger partial charge is 0.347 e.